The Morgan fingerprint density at radius 1 is 1.69 bits per heavy atom. The molecule has 3 heteroatoms. The van der Waals surface area contributed by atoms with Crippen molar-refractivity contribution >= 4 is 5.71 Å². The van der Waals surface area contributed by atoms with Gasteiger partial charge in [-0.3, -0.25) is 4.98 Å². The zero-order valence-electron chi connectivity index (χ0n) is 7.83. The van der Waals surface area contributed by atoms with Crippen LogP contribution in [0.5, 0.6) is 0 Å². The van der Waals surface area contributed by atoms with Crippen molar-refractivity contribution < 1.29 is 0 Å². The number of pyridine rings is 1. The summed E-state index contributed by atoms with van der Waals surface area (Å²) in [6, 6.07) is 3.93. The highest BCUT2D eigenvalue weighted by atomic mass is 14.6. The van der Waals surface area contributed by atoms with Crippen LogP contribution < -0.4 is 5.73 Å². The van der Waals surface area contributed by atoms with E-state index < -0.39 is 0 Å². The van der Waals surface area contributed by atoms with Gasteiger partial charge in [-0.15, -0.1) is 0 Å². The maximum atomic E-state index is 7.65. The van der Waals surface area contributed by atoms with Crippen molar-refractivity contribution in [3.8, 4) is 0 Å². The zero-order chi connectivity index (χ0) is 9.68. The molecule has 0 fully saturated rings. The van der Waals surface area contributed by atoms with E-state index in [2.05, 4.69) is 4.98 Å². The first-order valence-electron chi connectivity index (χ1n) is 4.39. The molecular weight excluding hydrogens is 162 g/mol. The first-order valence-corrected chi connectivity index (χ1v) is 4.39. The number of nitrogens with one attached hydrogen (secondary N) is 1. The fourth-order valence-electron chi connectivity index (χ4n) is 1.21. The molecule has 1 rings (SSSR count). The van der Waals surface area contributed by atoms with Crippen LogP contribution in [0.1, 0.15) is 18.9 Å². The summed E-state index contributed by atoms with van der Waals surface area (Å²) in [5, 5.41) is 7.65. The van der Waals surface area contributed by atoms with Gasteiger partial charge in [-0.05, 0) is 18.6 Å². The molecule has 0 aliphatic carbocycles. The first-order chi connectivity index (χ1) is 6.18. The minimum atomic E-state index is 0.0733. The molecule has 0 bridgehead atoms. The molecule has 0 spiro atoms. The number of nitrogens with zero attached hydrogens (tertiary/aromatic N) is 1. The van der Waals surface area contributed by atoms with E-state index in [4.69, 9.17) is 11.1 Å². The maximum absolute atomic E-state index is 7.65. The van der Waals surface area contributed by atoms with Gasteiger partial charge in [0.1, 0.15) is 0 Å². The standard InChI is InChI=1S/C10H15N3/c1-8(11)5-10(12)6-9-3-2-4-13-7-9/h2-4,7-8,12H,5-6,11H2,1H3/t8-/m0/s1. The fourth-order valence-corrected chi connectivity index (χ4v) is 1.21. The number of nitrogens with two attached hydrogens (primary N) is 1. The normalized spacial score (nSPS) is 12.5. The Balaban J connectivity index is 2.46. The minimum absolute atomic E-state index is 0.0733. The molecule has 0 radical (unpaired) electrons. The Kier molecular flexibility index (Phi) is 3.58. The third kappa shape index (κ3) is 3.80. The van der Waals surface area contributed by atoms with Crippen LogP contribution in [0.3, 0.4) is 0 Å². The van der Waals surface area contributed by atoms with Gasteiger partial charge in [0, 0.05) is 37.0 Å². The highest BCUT2D eigenvalue weighted by Crippen LogP contribution is 2.01. The van der Waals surface area contributed by atoms with Gasteiger partial charge in [-0.2, -0.15) is 0 Å². The molecule has 3 nitrogen and oxygen atoms in total. The van der Waals surface area contributed by atoms with Gasteiger partial charge in [0.05, 0.1) is 0 Å². The Bertz CT molecular complexity index is 267. The van der Waals surface area contributed by atoms with Crippen molar-refractivity contribution in [3.63, 3.8) is 0 Å². The van der Waals surface area contributed by atoms with Gasteiger partial charge in [-0.1, -0.05) is 6.07 Å². The van der Waals surface area contributed by atoms with Gasteiger partial charge in [-0.25, -0.2) is 0 Å². The molecule has 0 aliphatic rings. The largest absolute Gasteiger partial charge is 0.328 e. The number of hydrogen-bond donors (Lipinski definition) is 2. The van der Waals surface area contributed by atoms with Crippen LogP contribution in [0.25, 0.3) is 0 Å². The van der Waals surface area contributed by atoms with E-state index in [1.165, 1.54) is 0 Å². The summed E-state index contributed by atoms with van der Waals surface area (Å²) in [5.74, 6) is 0. The van der Waals surface area contributed by atoms with Gasteiger partial charge in [0.15, 0.2) is 0 Å². The highest BCUT2D eigenvalue weighted by molar-refractivity contribution is 5.83. The van der Waals surface area contributed by atoms with E-state index in [1.54, 1.807) is 12.4 Å². The van der Waals surface area contributed by atoms with E-state index in [0.29, 0.717) is 18.6 Å². The number of aromatic nitrogens is 1. The number of hydrogen-bond acceptors (Lipinski definition) is 3. The summed E-state index contributed by atoms with van der Waals surface area (Å²) < 4.78 is 0. The lowest BCUT2D eigenvalue weighted by Crippen LogP contribution is -2.20. The molecule has 70 valence electrons. The minimum Gasteiger partial charge on any atom is -0.328 e. The van der Waals surface area contributed by atoms with E-state index >= 15 is 0 Å². The van der Waals surface area contributed by atoms with E-state index in [1.807, 2.05) is 19.1 Å². The molecule has 13 heavy (non-hydrogen) atoms. The fraction of sp³-hybridized carbons (Fsp3) is 0.400. The second-order valence-corrected chi connectivity index (χ2v) is 3.32. The van der Waals surface area contributed by atoms with Gasteiger partial charge < -0.3 is 11.1 Å². The molecule has 0 saturated carbocycles. The molecule has 0 aromatic carbocycles. The van der Waals surface area contributed by atoms with Gasteiger partial charge in [0.2, 0.25) is 0 Å². The molecule has 1 aromatic rings. The van der Waals surface area contributed by atoms with Gasteiger partial charge in [0.25, 0.3) is 0 Å². The first kappa shape index (κ1) is 9.86. The predicted octanol–water partition coefficient (Wildman–Crippen LogP) is 1.38. The summed E-state index contributed by atoms with van der Waals surface area (Å²) in [6.07, 6.45) is 4.85. The van der Waals surface area contributed by atoms with E-state index in [0.717, 1.165) is 5.56 Å². The van der Waals surface area contributed by atoms with Crippen molar-refractivity contribution in [2.75, 3.05) is 0 Å². The van der Waals surface area contributed by atoms with E-state index in [9.17, 15) is 0 Å². The molecule has 1 heterocycles. The Morgan fingerprint density at radius 2 is 2.46 bits per heavy atom. The second-order valence-electron chi connectivity index (χ2n) is 3.32. The van der Waals surface area contributed by atoms with Crippen molar-refractivity contribution in [3.05, 3.63) is 30.1 Å². The van der Waals surface area contributed by atoms with Crippen molar-refractivity contribution in [1.29, 1.82) is 5.41 Å². The third-order valence-electron chi connectivity index (χ3n) is 1.71. The summed E-state index contributed by atoms with van der Waals surface area (Å²) in [4.78, 5) is 3.99. The average molecular weight is 177 g/mol. The summed E-state index contributed by atoms with van der Waals surface area (Å²) in [5.41, 5.74) is 7.34. The van der Waals surface area contributed by atoms with Gasteiger partial charge >= 0.3 is 0 Å². The lowest BCUT2D eigenvalue weighted by Gasteiger charge is -2.06. The molecule has 0 amide bonds. The Morgan fingerprint density at radius 3 is 3.00 bits per heavy atom. The Hall–Kier alpha value is -1.22. The van der Waals surface area contributed by atoms with Crippen LogP contribution in [0.2, 0.25) is 0 Å². The average Bonchev–Trinajstić information content (AvgIpc) is 2.04. The summed E-state index contributed by atoms with van der Waals surface area (Å²) in [7, 11) is 0. The van der Waals surface area contributed by atoms with Crippen LogP contribution >= 0.6 is 0 Å². The molecule has 0 aliphatic heterocycles. The third-order valence-corrected chi connectivity index (χ3v) is 1.71. The molecule has 3 N–H and O–H groups in total. The summed E-state index contributed by atoms with van der Waals surface area (Å²) >= 11 is 0. The smallest absolute Gasteiger partial charge is 0.0303 e. The van der Waals surface area contributed by atoms with E-state index in [-0.39, 0.29) is 6.04 Å². The Labute approximate surface area is 78.5 Å². The maximum Gasteiger partial charge on any atom is 0.0303 e. The lowest BCUT2D eigenvalue weighted by molar-refractivity contribution is 0.769. The lowest BCUT2D eigenvalue weighted by atomic mass is 10.1. The molecular formula is C10H15N3. The highest BCUT2D eigenvalue weighted by Gasteiger charge is 2.02. The van der Waals surface area contributed by atoms with Crippen LogP contribution in [0.4, 0.5) is 0 Å². The SMILES string of the molecule is C[C@H](N)CC(=N)Cc1cccnc1. The summed E-state index contributed by atoms with van der Waals surface area (Å²) in [6.45, 7) is 1.91. The van der Waals surface area contributed by atoms with Crippen molar-refractivity contribution in [1.82, 2.24) is 4.98 Å². The van der Waals surface area contributed by atoms with Crippen molar-refractivity contribution in [2.45, 2.75) is 25.8 Å². The molecule has 1 atom stereocenters. The van der Waals surface area contributed by atoms with Crippen LogP contribution in [-0.4, -0.2) is 16.7 Å². The quantitative estimate of drug-likeness (QED) is 0.682. The topological polar surface area (TPSA) is 62.8 Å². The second kappa shape index (κ2) is 4.72. The molecule has 0 unspecified atom stereocenters. The monoisotopic (exact) mass is 177 g/mol. The molecule has 0 saturated heterocycles. The molecule has 1 aromatic heterocycles. The van der Waals surface area contributed by atoms with Crippen LogP contribution in [0.15, 0.2) is 24.5 Å². The predicted molar refractivity (Wildman–Crippen MR) is 53.9 cm³/mol. The van der Waals surface area contributed by atoms with Crippen LogP contribution in [-0.2, 0) is 6.42 Å². The van der Waals surface area contributed by atoms with Crippen molar-refractivity contribution in [2.24, 2.45) is 5.73 Å². The van der Waals surface area contributed by atoms with Crippen LogP contribution in [0, 0.1) is 5.41 Å². The zero-order valence-corrected chi connectivity index (χ0v) is 7.83. The number of rotatable bonds is 4.